The Morgan fingerprint density at radius 3 is 1.58 bits per heavy atom. The molecule has 6 heteroatoms. The quantitative estimate of drug-likeness (QED) is 0.179. The Labute approximate surface area is 274 Å². The van der Waals surface area contributed by atoms with Crippen molar-refractivity contribution < 1.29 is 8.83 Å². The summed E-state index contributed by atoms with van der Waals surface area (Å²) in [4.78, 5) is 20.1. The van der Waals surface area contributed by atoms with Gasteiger partial charge in [0.15, 0.2) is 23.1 Å². The molecular formula is C42H24N4O2. The molecule has 48 heavy (non-hydrogen) atoms. The van der Waals surface area contributed by atoms with E-state index in [0.29, 0.717) is 23.4 Å². The van der Waals surface area contributed by atoms with Crippen molar-refractivity contribution in [3.05, 3.63) is 146 Å². The number of aromatic nitrogens is 4. The number of rotatable bonds is 5. The van der Waals surface area contributed by atoms with Crippen LogP contribution in [-0.4, -0.2) is 19.9 Å². The predicted molar refractivity (Wildman–Crippen MR) is 191 cm³/mol. The summed E-state index contributed by atoms with van der Waals surface area (Å²) in [6.07, 6.45) is 0. The van der Waals surface area contributed by atoms with Gasteiger partial charge in [-0.15, -0.1) is 0 Å². The van der Waals surface area contributed by atoms with Crippen molar-refractivity contribution >= 4 is 43.8 Å². The molecule has 0 saturated carbocycles. The van der Waals surface area contributed by atoms with Gasteiger partial charge in [-0.1, -0.05) is 115 Å². The molecule has 0 aliphatic carbocycles. The van der Waals surface area contributed by atoms with Crippen molar-refractivity contribution in [3.63, 3.8) is 0 Å². The molecule has 0 aliphatic rings. The number of hydrogen-bond acceptors (Lipinski definition) is 6. The third-order valence-corrected chi connectivity index (χ3v) is 8.92. The zero-order chi connectivity index (χ0) is 31.6. The summed E-state index contributed by atoms with van der Waals surface area (Å²) in [7, 11) is 0. The molecule has 3 heterocycles. The van der Waals surface area contributed by atoms with Crippen LogP contribution in [0, 0.1) is 0 Å². The summed E-state index contributed by atoms with van der Waals surface area (Å²) in [5, 5.41) is 3.94. The fourth-order valence-electron chi connectivity index (χ4n) is 6.63. The van der Waals surface area contributed by atoms with Gasteiger partial charge in [-0.05, 0) is 41.5 Å². The van der Waals surface area contributed by atoms with Crippen molar-refractivity contribution in [1.29, 1.82) is 0 Å². The van der Waals surface area contributed by atoms with Gasteiger partial charge in [0.05, 0.1) is 0 Å². The van der Waals surface area contributed by atoms with E-state index in [0.717, 1.165) is 77.2 Å². The Bertz CT molecular complexity index is 2750. The maximum atomic E-state index is 6.49. The molecule has 3 aromatic heterocycles. The highest BCUT2D eigenvalue weighted by Gasteiger charge is 2.23. The van der Waals surface area contributed by atoms with E-state index in [2.05, 4.69) is 48.5 Å². The Balaban J connectivity index is 1.20. The number of oxazole rings is 1. The molecule has 0 atom stereocenters. The van der Waals surface area contributed by atoms with Crippen molar-refractivity contribution in [1.82, 2.24) is 19.9 Å². The first-order valence-corrected chi connectivity index (χ1v) is 15.8. The Hall–Kier alpha value is -6.66. The molecule has 0 radical (unpaired) electrons. The monoisotopic (exact) mass is 616 g/mol. The molecule has 0 spiro atoms. The van der Waals surface area contributed by atoms with E-state index in [1.54, 1.807) is 0 Å². The summed E-state index contributed by atoms with van der Waals surface area (Å²) in [5.41, 5.74) is 8.86. The second-order valence-electron chi connectivity index (χ2n) is 11.9. The average Bonchev–Trinajstić information content (AvgIpc) is 3.79. The lowest BCUT2D eigenvalue weighted by molar-refractivity contribution is 0.623. The summed E-state index contributed by atoms with van der Waals surface area (Å²) in [5.74, 6) is 2.30. The van der Waals surface area contributed by atoms with Crippen LogP contribution in [0.5, 0.6) is 0 Å². The molecule has 10 rings (SSSR count). The minimum absolute atomic E-state index is 0.545. The highest BCUT2D eigenvalue weighted by molar-refractivity contribution is 6.31. The SMILES string of the molecule is c1ccc(-c2ccc(-c3nc(-c4ccccc4)nc(-c4cc5oc6cccc7c8oc(-c9ccccc9)nc8c(c4)c5c67)n3)cc2)cc1. The minimum Gasteiger partial charge on any atom is -0.456 e. The van der Waals surface area contributed by atoms with Gasteiger partial charge < -0.3 is 8.83 Å². The van der Waals surface area contributed by atoms with Gasteiger partial charge in [0, 0.05) is 43.8 Å². The molecule has 0 bridgehead atoms. The molecule has 7 aromatic carbocycles. The highest BCUT2D eigenvalue weighted by atomic mass is 16.3. The topological polar surface area (TPSA) is 77.8 Å². The van der Waals surface area contributed by atoms with Crippen LogP contribution < -0.4 is 0 Å². The Morgan fingerprint density at radius 1 is 0.354 bits per heavy atom. The van der Waals surface area contributed by atoms with E-state index < -0.39 is 0 Å². The fraction of sp³-hybridized carbons (Fsp3) is 0. The number of fused-ring (bicyclic) bond motifs is 3. The van der Waals surface area contributed by atoms with Gasteiger partial charge in [0.1, 0.15) is 16.7 Å². The first-order chi connectivity index (χ1) is 23.8. The highest BCUT2D eigenvalue weighted by Crippen LogP contribution is 2.45. The zero-order valence-electron chi connectivity index (χ0n) is 25.5. The van der Waals surface area contributed by atoms with Crippen molar-refractivity contribution in [3.8, 4) is 56.7 Å². The summed E-state index contributed by atoms with van der Waals surface area (Å²) >= 11 is 0. The van der Waals surface area contributed by atoms with Gasteiger partial charge in [-0.3, -0.25) is 0 Å². The van der Waals surface area contributed by atoms with Gasteiger partial charge in [0.2, 0.25) is 5.89 Å². The van der Waals surface area contributed by atoms with Crippen LogP contribution >= 0.6 is 0 Å². The third kappa shape index (κ3) is 4.20. The molecule has 0 unspecified atom stereocenters. The van der Waals surface area contributed by atoms with Crippen LogP contribution in [0.15, 0.2) is 154 Å². The average molecular weight is 617 g/mol. The van der Waals surface area contributed by atoms with Crippen LogP contribution in [-0.2, 0) is 0 Å². The van der Waals surface area contributed by atoms with Crippen LogP contribution in [0.3, 0.4) is 0 Å². The van der Waals surface area contributed by atoms with E-state index in [9.17, 15) is 0 Å². The molecule has 0 aliphatic heterocycles. The molecule has 10 aromatic rings. The maximum absolute atomic E-state index is 6.49. The largest absolute Gasteiger partial charge is 0.456 e. The zero-order valence-corrected chi connectivity index (χ0v) is 25.5. The van der Waals surface area contributed by atoms with Crippen LogP contribution in [0.4, 0.5) is 0 Å². The lowest BCUT2D eigenvalue weighted by Crippen LogP contribution is -2.00. The van der Waals surface area contributed by atoms with Gasteiger partial charge in [0.25, 0.3) is 0 Å². The van der Waals surface area contributed by atoms with Crippen molar-refractivity contribution in [2.75, 3.05) is 0 Å². The van der Waals surface area contributed by atoms with Crippen molar-refractivity contribution in [2.45, 2.75) is 0 Å². The smallest absolute Gasteiger partial charge is 0.227 e. The Morgan fingerprint density at radius 2 is 0.896 bits per heavy atom. The van der Waals surface area contributed by atoms with E-state index in [1.165, 1.54) is 0 Å². The molecular weight excluding hydrogens is 592 g/mol. The minimum atomic E-state index is 0.545. The molecule has 0 amide bonds. The third-order valence-electron chi connectivity index (χ3n) is 8.92. The number of benzene rings is 7. The lowest BCUT2D eigenvalue weighted by Gasteiger charge is -2.10. The molecule has 0 N–H and O–H groups in total. The lowest BCUT2D eigenvalue weighted by atomic mass is 9.98. The number of nitrogens with zero attached hydrogens (tertiary/aromatic N) is 4. The van der Waals surface area contributed by atoms with Gasteiger partial charge in [-0.2, -0.15) is 0 Å². The van der Waals surface area contributed by atoms with Crippen LogP contribution in [0.2, 0.25) is 0 Å². The first kappa shape index (κ1) is 26.5. The fourth-order valence-corrected chi connectivity index (χ4v) is 6.63. The number of furan rings is 1. The second-order valence-corrected chi connectivity index (χ2v) is 11.9. The molecule has 224 valence electrons. The summed E-state index contributed by atoms with van der Waals surface area (Å²) in [6.45, 7) is 0. The van der Waals surface area contributed by atoms with E-state index in [-0.39, 0.29) is 0 Å². The second kappa shape index (κ2) is 10.4. The van der Waals surface area contributed by atoms with Crippen LogP contribution in [0.1, 0.15) is 0 Å². The van der Waals surface area contributed by atoms with E-state index in [1.807, 2.05) is 97.1 Å². The van der Waals surface area contributed by atoms with Gasteiger partial charge >= 0.3 is 0 Å². The maximum Gasteiger partial charge on any atom is 0.227 e. The normalized spacial score (nSPS) is 11.8. The standard InChI is InChI=1S/C42H24N4O2/c1-4-11-25(12-5-1)26-19-21-28(22-20-26)40-44-39(27-13-6-2-7-14-27)45-41(46-40)30-23-32-36-34(24-30)47-33-18-10-17-31(35(33)36)38-37(32)43-42(48-38)29-15-8-3-9-16-29/h1-24H. The molecule has 6 nitrogen and oxygen atoms in total. The van der Waals surface area contributed by atoms with E-state index in [4.69, 9.17) is 28.8 Å². The summed E-state index contributed by atoms with van der Waals surface area (Å²) in [6, 6.07) is 48.9. The van der Waals surface area contributed by atoms with Crippen molar-refractivity contribution in [2.24, 2.45) is 0 Å². The van der Waals surface area contributed by atoms with Crippen LogP contribution in [0.25, 0.3) is 101 Å². The predicted octanol–water partition coefficient (Wildman–Crippen LogP) is 10.8. The van der Waals surface area contributed by atoms with E-state index >= 15 is 0 Å². The summed E-state index contributed by atoms with van der Waals surface area (Å²) < 4.78 is 13.0. The molecule has 0 fully saturated rings. The first-order valence-electron chi connectivity index (χ1n) is 15.8. The number of hydrogen-bond donors (Lipinski definition) is 0. The Kier molecular flexibility index (Phi) is 5.77. The van der Waals surface area contributed by atoms with Gasteiger partial charge in [-0.25, -0.2) is 19.9 Å². The molecule has 0 saturated heterocycles.